The van der Waals surface area contributed by atoms with Crippen molar-refractivity contribution in [1.29, 1.82) is 0 Å². The molecule has 0 radical (unpaired) electrons. The van der Waals surface area contributed by atoms with Crippen LogP contribution in [0, 0.1) is 13.8 Å². The number of rotatable bonds is 3. The summed E-state index contributed by atoms with van der Waals surface area (Å²) in [5, 5.41) is 0. The van der Waals surface area contributed by atoms with Crippen molar-refractivity contribution in [2.45, 2.75) is 57.4 Å². The average molecular weight is 310 g/mol. The Labute approximate surface area is 128 Å². The molecule has 1 fully saturated rings. The van der Waals surface area contributed by atoms with Gasteiger partial charge in [-0.1, -0.05) is 25.3 Å². The van der Waals surface area contributed by atoms with Gasteiger partial charge >= 0.3 is 0 Å². The molecule has 1 aliphatic heterocycles. The third kappa shape index (κ3) is 3.65. The molecule has 4 nitrogen and oxygen atoms in total. The lowest BCUT2D eigenvalue weighted by Gasteiger charge is -2.25. The molecule has 0 saturated carbocycles. The maximum atomic E-state index is 12.9. The van der Waals surface area contributed by atoms with Gasteiger partial charge in [0.2, 0.25) is 10.0 Å². The molecule has 0 spiro atoms. The van der Waals surface area contributed by atoms with Gasteiger partial charge in [-0.25, -0.2) is 8.42 Å². The van der Waals surface area contributed by atoms with Crippen molar-refractivity contribution in [3.63, 3.8) is 0 Å². The minimum Gasteiger partial charge on any atom is -0.326 e. The van der Waals surface area contributed by atoms with Crippen LogP contribution >= 0.6 is 0 Å². The van der Waals surface area contributed by atoms with Crippen molar-refractivity contribution in [2.24, 2.45) is 5.73 Å². The van der Waals surface area contributed by atoms with Crippen molar-refractivity contribution in [2.75, 3.05) is 13.1 Å². The lowest BCUT2D eigenvalue weighted by molar-refractivity contribution is 0.364. The summed E-state index contributed by atoms with van der Waals surface area (Å²) in [5.74, 6) is 0. The van der Waals surface area contributed by atoms with E-state index < -0.39 is 10.0 Å². The van der Waals surface area contributed by atoms with Crippen LogP contribution in [0.2, 0.25) is 0 Å². The fourth-order valence-corrected chi connectivity index (χ4v) is 4.74. The predicted molar refractivity (Wildman–Crippen MR) is 85.7 cm³/mol. The highest BCUT2D eigenvalue weighted by atomic mass is 32.2. The van der Waals surface area contributed by atoms with E-state index in [1.807, 2.05) is 19.9 Å². The topological polar surface area (TPSA) is 63.4 Å². The molecule has 0 atom stereocenters. The Bertz CT molecular complexity index is 589. The van der Waals surface area contributed by atoms with Crippen molar-refractivity contribution in [1.82, 2.24) is 4.31 Å². The summed E-state index contributed by atoms with van der Waals surface area (Å²) < 4.78 is 27.5. The van der Waals surface area contributed by atoms with Crippen molar-refractivity contribution in [3.05, 3.63) is 28.8 Å². The number of benzene rings is 1. The minimum atomic E-state index is -3.40. The first-order valence-corrected chi connectivity index (χ1v) is 9.21. The van der Waals surface area contributed by atoms with Crippen molar-refractivity contribution in [3.8, 4) is 0 Å². The number of sulfonamides is 1. The van der Waals surface area contributed by atoms with E-state index in [1.54, 1.807) is 10.4 Å². The number of hydrogen-bond donors (Lipinski definition) is 1. The minimum absolute atomic E-state index is 0.370. The van der Waals surface area contributed by atoms with E-state index in [9.17, 15) is 8.42 Å². The van der Waals surface area contributed by atoms with E-state index in [0.717, 1.165) is 42.4 Å². The van der Waals surface area contributed by atoms with Crippen LogP contribution in [0.3, 0.4) is 0 Å². The molecule has 0 aliphatic carbocycles. The van der Waals surface area contributed by atoms with Gasteiger partial charge in [0, 0.05) is 19.6 Å². The zero-order valence-corrected chi connectivity index (χ0v) is 13.9. The SMILES string of the molecule is Cc1cc(C)c(S(=O)(=O)N2CCCCCCC2)cc1CN. The van der Waals surface area contributed by atoms with Crippen LogP contribution in [0.25, 0.3) is 0 Å². The van der Waals surface area contributed by atoms with Crippen LogP contribution in [-0.2, 0) is 16.6 Å². The Hall–Kier alpha value is -0.910. The number of nitrogens with two attached hydrogens (primary N) is 1. The van der Waals surface area contributed by atoms with Gasteiger partial charge in [0.1, 0.15) is 0 Å². The molecule has 1 aliphatic rings. The molecule has 1 heterocycles. The fraction of sp³-hybridized carbons (Fsp3) is 0.625. The van der Waals surface area contributed by atoms with Gasteiger partial charge in [0.15, 0.2) is 0 Å². The van der Waals surface area contributed by atoms with Crippen LogP contribution in [0.4, 0.5) is 0 Å². The molecular formula is C16H26N2O2S. The summed E-state index contributed by atoms with van der Waals surface area (Å²) in [4.78, 5) is 0.425. The van der Waals surface area contributed by atoms with Gasteiger partial charge in [0.05, 0.1) is 4.90 Å². The van der Waals surface area contributed by atoms with Crippen LogP contribution in [-0.4, -0.2) is 25.8 Å². The average Bonchev–Trinajstić information content (AvgIpc) is 2.37. The van der Waals surface area contributed by atoms with Crippen LogP contribution in [0.5, 0.6) is 0 Å². The lowest BCUT2D eigenvalue weighted by atomic mass is 10.1. The van der Waals surface area contributed by atoms with Gasteiger partial charge < -0.3 is 5.73 Å². The molecule has 0 unspecified atom stereocenters. The largest absolute Gasteiger partial charge is 0.326 e. The lowest BCUT2D eigenvalue weighted by Crippen LogP contribution is -2.34. The summed E-state index contributed by atoms with van der Waals surface area (Å²) in [6.07, 6.45) is 5.36. The first kappa shape index (κ1) is 16.5. The van der Waals surface area contributed by atoms with E-state index in [1.165, 1.54) is 6.42 Å². The number of nitrogens with zero attached hydrogens (tertiary/aromatic N) is 1. The third-order valence-electron chi connectivity index (χ3n) is 4.29. The summed E-state index contributed by atoms with van der Waals surface area (Å²) in [6, 6.07) is 3.69. The molecule has 5 heteroatoms. The van der Waals surface area contributed by atoms with Crippen LogP contribution in [0.15, 0.2) is 17.0 Å². The summed E-state index contributed by atoms with van der Waals surface area (Å²) >= 11 is 0. The molecule has 0 aromatic heterocycles. The summed E-state index contributed by atoms with van der Waals surface area (Å²) in [5.41, 5.74) is 8.51. The van der Waals surface area contributed by atoms with E-state index in [4.69, 9.17) is 5.73 Å². The molecule has 118 valence electrons. The van der Waals surface area contributed by atoms with E-state index in [2.05, 4.69) is 0 Å². The van der Waals surface area contributed by atoms with Gasteiger partial charge in [-0.05, 0) is 49.4 Å². The maximum absolute atomic E-state index is 12.9. The molecule has 2 N–H and O–H groups in total. The maximum Gasteiger partial charge on any atom is 0.243 e. The summed E-state index contributed by atoms with van der Waals surface area (Å²) in [6.45, 7) is 5.47. The quantitative estimate of drug-likeness (QED) is 0.933. The smallest absolute Gasteiger partial charge is 0.243 e. The third-order valence-corrected chi connectivity index (χ3v) is 6.33. The molecule has 2 rings (SSSR count). The second-order valence-corrected chi connectivity index (χ2v) is 7.83. The second-order valence-electron chi connectivity index (χ2n) is 5.92. The highest BCUT2D eigenvalue weighted by Crippen LogP contribution is 2.25. The first-order valence-electron chi connectivity index (χ1n) is 7.77. The van der Waals surface area contributed by atoms with Crippen LogP contribution in [0.1, 0.15) is 48.8 Å². The monoisotopic (exact) mass is 310 g/mol. The summed E-state index contributed by atoms with van der Waals surface area (Å²) in [7, 11) is -3.40. The van der Waals surface area contributed by atoms with Gasteiger partial charge in [0.25, 0.3) is 0 Å². The van der Waals surface area contributed by atoms with Gasteiger partial charge in [-0.2, -0.15) is 4.31 Å². The van der Waals surface area contributed by atoms with E-state index in [0.29, 0.717) is 24.5 Å². The second kappa shape index (κ2) is 6.90. The number of aryl methyl sites for hydroxylation is 2. The van der Waals surface area contributed by atoms with E-state index in [-0.39, 0.29) is 0 Å². The molecule has 0 amide bonds. The molecule has 1 saturated heterocycles. The van der Waals surface area contributed by atoms with E-state index >= 15 is 0 Å². The highest BCUT2D eigenvalue weighted by molar-refractivity contribution is 7.89. The zero-order chi connectivity index (χ0) is 15.5. The van der Waals surface area contributed by atoms with Gasteiger partial charge in [-0.3, -0.25) is 0 Å². The standard InChI is InChI=1S/C16H26N2O2S/c1-13-10-14(2)16(11-15(13)12-17)21(19,20)18-8-6-4-3-5-7-9-18/h10-11H,3-9,12,17H2,1-2H3. The fourth-order valence-electron chi connectivity index (χ4n) is 2.97. The predicted octanol–water partition coefficient (Wildman–Crippen LogP) is 2.72. The Morgan fingerprint density at radius 1 is 1.00 bits per heavy atom. The number of hydrogen-bond acceptors (Lipinski definition) is 3. The molecule has 1 aromatic carbocycles. The van der Waals surface area contributed by atoms with Gasteiger partial charge in [-0.15, -0.1) is 0 Å². The Morgan fingerprint density at radius 2 is 1.57 bits per heavy atom. The highest BCUT2D eigenvalue weighted by Gasteiger charge is 2.26. The molecule has 21 heavy (non-hydrogen) atoms. The zero-order valence-electron chi connectivity index (χ0n) is 13.1. The normalized spacial score (nSPS) is 18.2. The molecule has 1 aromatic rings. The Kier molecular flexibility index (Phi) is 5.41. The van der Waals surface area contributed by atoms with Crippen molar-refractivity contribution >= 4 is 10.0 Å². The molecular weight excluding hydrogens is 284 g/mol. The van der Waals surface area contributed by atoms with Crippen molar-refractivity contribution < 1.29 is 8.42 Å². The van der Waals surface area contributed by atoms with Crippen LogP contribution < -0.4 is 5.73 Å². The Morgan fingerprint density at radius 3 is 2.14 bits per heavy atom. The molecule has 0 bridgehead atoms. The Balaban J connectivity index is 2.38. The first-order chi connectivity index (χ1) is 9.96.